The molecule has 2 amide bonds. The highest BCUT2D eigenvalue weighted by Crippen LogP contribution is 2.09. The van der Waals surface area contributed by atoms with Crippen molar-refractivity contribution in [1.29, 1.82) is 0 Å². The lowest BCUT2D eigenvalue weighted by molar-refractivity contribution is -0.176. The highest BCUT2D eigenvalue weighted by Gasteiger charge is 2.12. The number of aromatic hydroxyl groups is 1. The van der Waals surface area contributed by atoms with E-state index >= 15 is 0 Å². The molecule has 0 aliphatic heterocycles. The molecule has 0 saturated heterocycles. The van der Waals surface area contributed by atoms with Crippen LogP contribution in [0.5, 0.6) is 5.75 Å². The van der Waals surface area contributed by atoms with Crippen molar-refractivity contribution >= 4 is 6.03 Å². The van der Waals surface area contributed by atoms with E-state index in [9.17, 15) is 15.0 Å². The lowest BCUT2D eigenvalue weighted by Gasteiger charge is -2.21. The van der Waals surface area contributed by atoms with Gasteiger partial charge in [0.05, 0.1) is 6.61 Å². The number of amides is 2. The minimum atomic E-state index is -1.14. The monoisotopic (exact) mass is 296 g/mol. The van der Waals surface area contributed by atoms with E-state index in [4.69, 9.17) is 4.74 Å². The molecule has 3 N–H and O–H groups in total. The van der Waals surface area contributed by atoms with Crippen molar-refractivity contribution in [2.24, 2.45) is 0 Å². The van der Waals surface area contributed by atoms with Crippen molar-refractivity contribution in [2.75, 3.05) is 20.2 Å². The Labute approximate surface area is 125 Å². The molecule has 0 unspecified atom stereocenters. The number of phenolic OH excluding ortho intramolecular Hbond substituents is 1. The number of hydrogen-bond donors (Lipinski definition) is 3. The largest absolute Gasteiger partial charge is 0.508 e. The fourth-order valence-corrected chi connectivity index (χ4v) is 1.65. The highest BCUT2D eigenvalue weighted by molar-refractivity contribution is 5.73. The number of carbonyl (C=O) groups is 1. The van der Waals surface area contributed by atoms with Crippen LogP contribution < -0.4 is 5.32 Å². The molecule has 118 valence electrons. The zero-order chi connectivity index (χ0) is 15.9. The summed E-state index contributed by atoms with van der Waals surface area (Å²) in [5, 5.41) is 21.4. The first-order valence-corrected chi connectivity index (χ1v) is 6.91. The van der Waals surface area contributed by atoms with E-state index in [1.165, 1.54) is 0 Å². The first kappa shape index (κ1) is 17.3. The Morgan fingerprint density at radius 2 is 1.95 bits per heavy atom. The Bertz CT molecular complexity index is 440. The van der Waals surface area contributed by atoms with Crippen molar-refractivity contribution in [3.05, 3.63) is 29.8 Å². The van der Waals surface area contributed by atoms with Gasteiger partial charge < -0.3 is 25.2 Å². The zero-order valence-electron chi connectivity index (χ0n) is 12.8. The molecule has 6 nitrogen and oxygen atoms in total. The summed E-state index contributed by atoms with van der Waals surface area (Å²) in [6.45, 7) is 4.47. The van der Waals surface area contributed by atoms with Gasteiger partial charge in [0.15, 0.2) is 5.79 Å². The number of aliphatic hydroxyl groups is 1. The van der Waals surface area contributed by atoms with E-state index in [0.29, 0.717) is 26.1 Å². The average molecular weight is 296 g/mol. The molecule has 1 aromatic carbocycles. The molecule has 0 aliphatic rings. The Morgan fingerprint density at radius 3 is 2.52 bits per heavy atom. The maximum absolute atomic E-state index is 11.8. The molecule has 0 aromatic heterocycles. The van der Waals surface area contributed by atoms with Crippen LogP contribution >= 0.6 is 0 Å². The quantitative estimate of drug-likeness (QED) is 0.528. The van der Waals surface area contributed by atoms with Gasteiger partial charge >= 0.3 is 6.03 Å². The summed E-state index contributed by atoms with van der Waals surface area (Å²) in [6, 6.07) is 6.50. The zero-order valence-corrected chi connectivity index (χ0v) is 12.8. The molecule has 0 aliphatic carbocycles. The topological polar surface area (TPSA) is 82.0 Å². The van der Waals surface area contributed by atoms with Crippen molar-refractivity contribution in [3.8, 4) is 5.75 Å². The van der Waals surface area contributed by atoms with Gasteiger partial charge in [-0.15, -0.1) is 0 Å². The Balaban J connectivity index is 2.23. The van der Waals surface area contributed by atoms with Crippen LogP contribution in [-0.2, 0) is 11.3 Å². The highest BCUT2D eigenvalue weighted by atomic mass is 16.6. The van der Waals surface area contributed by atoms with Crippen molar-refractivity contribution < 1.29 is 19.7 Å². The maximum Gasteiger partial charge on any atom is 0.317 e. The molecule has 0 fully saturated rings. The summed E-state index contributed by atoms with van der Waals surface area (Å²) in [6.07, 6.45) is 0.646. The normalized spacial score (nSPS) is 11.2. The second kappa shape index (κ2) is 7.85. The van der Waals surface area contributed by atoms with Gasteiger partial charge in [0, 0.05) is 20.1 Å². The predicted octanol–water partition coefficient (Wildman–Crippen LogP) is 1.67. The van der Waals surface area contributed by atoms with E-state index in [0.717, 1.165) is 5.56 Å². The summed E-state index contributed by atoms with van der Waals surface area (Å²) in [5.74, 6) is -0.936. The van der Waals surface area contributed by atoms with Gasteiger partial charge in [-0.25, -0.2) is 4.79 Å². The van der Waals surface area contributed by atoms with Crippen LogP contribution in [0.1, 0.15) is 25.8 Å². The summed E-state index contributed by atoms with van der Waals surface area (Å²) < 4.78 is 5.17. The van der Waals surface area contributed by atoms with Gasteiger partial charge in [0.1, 0.15) is 5.75 Å². The fraction of sp³-hybridized carbons (Fsp3) is 0.533. The first-order valence-electron chi connectivity index (χ1n) is 6.91. The molecule has 0 spiro atoms. The summed E-state index contributed by atoms with van der Waals surface area (Å²) in [5.41, 5.74) is 0.917. The number of rotatable bonds is 7. The molecule has 1 rings (SSSR count). The van der Waals surface area contributed by atoms with Crippen LogP contribution in [0.15, 0.2) is 24.3 Å². The van der Waals surface area contributed by atoms with E-state index in [1.807, 2.05) is 0 Å². The molecule has 0 bridgehead atoms. The van der Waals surface area contributed by atoms with Crippen molar-refractivity contribution in [1.82, 2.24) is 10.2 Å². The lowest BCUT2D eigenvalue weighted by Crippen LogP contribution is -2.38. The number of benzene rings is 1. The van der Waals surface area contributed by atoms with Gasteiger partial charge in [0.25, 0.3) is 0 Å². The minimum absolute atomic E-state index is 0.175. The number of hydrogen-bond acceptors (Lipinski definition) is 4. The lowest BCUT2D eigenvalue weighted by atomic mass is 10.2. The smallest absolute Gasteiger partial charge is 0.317 e. The van der Waals surface area contributed by atoms with Crippen LogP contribution in [0.25, 0.3) is 0 Å². The standard InChI is InChI=1S/C15H24N2O4/c1-15(2,20)21-10-4-9-17(3)14(19)16-11-12-5-7-13(18)8-6-12/h5-8,18,20H,4,9-11H2,1-3H3,(H,16,19). The van der Waals surface area contributed by atoms with E-state index in [2.05, 4.69) is 5.32 Å². The Morgan fingerprint density at radius 1 is 1.33 bits per heavy atom. The van der Waals surface area contributed by atoms with Gasteiger partial charge in [-0.2, -0.15) is 0 Å². The molecule has 0 radical (unpaired) electrons. The average Bonchev–Trinajstić information content (AvgIpc) is 2.41. The third kappa shape index (κ3) is 7.53. The van der Waals surface area contributed by atoms with Gasteiger partial charge in [0.2, 0.25) is 0 Å². The molecule has 6 heteroatoms. The minimum Gasteiger partial charge on any atom is -0.508 e. The number of carbonyl (C=O) groups excluding carboxylic acids is 1. The summed E-state index contributed by atoms with van der Waals surface area (Å²) in [4.78, 5) is 13.4. The molecule has 0 saturated carbocycles. The number of phenols is 1. The van der Waals surface area contributed by atoms with E-state index < -0.39 is 5.79 Å². The first-order chi connectivity index (χ1) is 9.78. The maximum atomic E-state index is 11.8. The van der Waals surface area contributed by atoms with Gasteiger partial charge in [-0.05, 0) is 38.0 Å². The van der Waals surface area contributed by atoms with Gasteiger partial charge in [-0.3, -0.25) is 0 Å². The summed E-state index contributed by atoms with van der Waals surface area (Å²) in [7, 11) is 1.70. The summed E-state index contributed by atoms with van der Waals surface area (Å²) >= 11 is 0. The van der Waals surface area contributed by atoms with E-state index in [1.54, 1.807) is 50.1 Å². The Hall–Kier alpha value is -1.79. The Kier molecular flexibility index (Phi) is 6.45. The van der Waals surface area contributed by atoms with E-state index in [-0.39, 0.29) is 11.8 Å². The van der Waals surface area contributed by atoms with Crippen LogP contribution in [-0.4, -0.2) is 47.1 Å². The number of nitrogens with zero attached hydrogens (tertiary/aromatic N) is 1. The third-order valence-electron chi connectivity index (χ3n) is 2.82. The van der Waals surface area contributed by atoms with Crippen LogP contribution in [0.2, 0.25) is 0 Å². The predicted molar refractivity (Wildman–Crippen MR) is 79.8 cm³/mol. The molecule has 0 heterocycles. The number of nitrogens with one attached hydrogen (secondary N) is 1. The molecule has 0 atom stereocenters. The third-order valence-corrected chi connectivity index (χ3v) is 2.82. The molecular weight excluding hydrogens is 272 g/mol. The van der Waals surface area contributed by atoms with Crippen molar-refractivity contribution in [2.45, 2.75) is 32.6 Å². The second-order valence-corrected chi connectivity index (χ2v) is 5.40. The molecule has 21 heavy (non-hydrogen) atoms. The molecule has 1 aromatic rings. The van der Waals surface area contributed by atoms with Gasteiger partial charge in [-0.1, -0.05) is 12.1 Å². The number of ether oxygens (including phenoxy) is 1. The molecular formula is C15H24N2O4. The van der Waals surface area contributed by atoms with Crippen LogP contribution in [0.4, 0.5) is 4.79 Å². The number of urea groups is 1. The van der Waals surface area contributed by atoms with Crippen molar-refractivity contribution in [3.63, 3.8) is 0 Å². The second-order valence-electron chi connectivity index (χ2n) is 5.40. The van der Waals surface area contributed by atoms with Crippen LogP contribution in [0, 0.1) is 0 Å². The van der Waals surface area contributed by atoms with Crippen LogP contribution in [0.3, 0.4) is 0 Å². The fourth-order valence-electron chi connectivity index (χ4n) is 1.65. The SMILES string of the molecule is CN(CCCOC(C)(C)O)C(=O)NCc1ccc(O)cc1.